The molecule has 0 unspecified atom stereocenters. The van der Waals surface area contributed by atoms with Crippen LogP contribution in [0.15, 0.2) is 17.5 Å². The number of alkyl halides is 3. The smallest absolute Gasteiger partial charge is 0.352 e. The molecule has 0 N–H and O–H groups in total. The Balaban J connectivity index is 1.93. The molecule has 0 aromatic carbocycles. The van der Waals surface area contributed by atoms with Gasteiger partial charge in [0.25, 0.3) is 0 Å². The molecule has 8 heteroatoms. The van der Waals surface area contributed by atoms with Gasteiger partial charge in [-0.1, -0.05) is 11.6 Å². The summed E-state index contributed by atoms with van der Waals surface area (Å²) in [6, 6.07) is 3.35. The molecule has 2 aromatic heterocycles. The fraction of sp³-hybridized carbons (Fsp3) is 0.333. The maximum Gasteiger partial charge on any atom is 0.451 e. The molecule has 0 aliphatic carbocycles. The molecule has 0 atom stereocenters. The molecule has 3 heterocycles. The van der Waals surface area contributed by atoms with Gasteiger partial charge in [-0.3, -0.25) is 0 Å². The van der Waals surface area contributed by atoms with Gasteiger partial charge in [0.2, 0.25) is 5.82 Å². The SMILES string of the molecule is FC(F)(F)c1nc(Cl)cc(N2CCc3sccc3C2)n1. The lowest BCUT2D eigenvalue weighted by Crippen LogP contribution is -2.30. The van der Waals surface area contributed by atoms with E-state index in [9.17, 15) is 13.2 Å². The van der Waals surface area contributed by atoms with Gasteiger partial charge in [-0.15, -0.1) is 11.3 Å². The molecule has 2 aromatic rings. The van der Waals surface area contributed by atoms with E-state index in [0.717, 1.165) is 12.0 Å². The zero-order valence-corrected chi connectivity index (χ0v) is 11.7. The highest BCUT2D eigenvalue weighted by Gasteiger charge is 2.36. The van der Waals surface area contributed by atoms with Crippen LogP contribution in [0, 0.1) is 0 Å². The van der Waals surface area contributed by atoms with E-state index < -0.39 is 12.0 Å². The molecule has 0 radical (unpaired) electrons. The average molecular weight is 320 g/mol. The average Bonchev–Trinajstić information content (AvgIpc) is 2.84. The lowest BCUT2D eigenvalue weighted by atomic mass is 10.1. The first kappa shape index (κ1) is 13.6. The van der Waals surface area contributed by atoms with Crippen molar-refractivity contribution in [2.24, 2.45) is 0 Å². The van der Waals surface area contributed by atoms with Gasteiger partial charge in [-0.05, 0) is 23.4 Å². The zero-order valence-electron chi connectivity index (χ0n) is 10.1. The predicted octanol–water partition coefficient (Wildman–Crippen LogP) is 3.77. The van der Waals surface area contributed by atoms with E-state index >= 15 is 0 Å². The van der Waals surface area contributed by atoms with Crippen molar-refractivity contribution < 1.29 is 13.2 Å². The minimum absolute atomic E-state index is 0.196. The summed E-state index contributed by atoms with van der Waals surface area (Å²) in [5.41, 5.74) is 1.13. The lowest BCUT2D eigenvalue weighted by Gasteiger charge is -2.28. The van der Waals surface area contributed by atoms with Crippen LogP contribution in [0.3, 0.4) is 0 Å². The first-order valence-corrected chi connectivity index (χ1v) is 7.11. The van der Waals surface area contributed by atoms with Gasteiger partial charge in [0.15, 0.2) is 0 Å². The summed E-state index contributed by atoms with van der Waals surface area (Å²) >= 11 is 7.35. The molecule has 1 aliphatic heterocycles. The lowest BCUT2D eigenvalue weighted by molar-refractivity contribution is -0.144. The first-order chi connectivity index (χ1) is 9.43. The van der Waals surface area contributed by atoms with Crippen molar-refractivity contribution >= 4 is 28.8 Å². The fourth-order valence-electron chi connectivity index (χ4n) is 2.14. The first-order valence-electron chi connectivity index (χ1n) is 5.85. The summed E-state index contributed by atoms with van der Waals surface area (Å²) in [6.45, 7) is 1.17. The van der Waals surface area contributed by atoms with Crippen molar-refractivity contribution in [3.8, 4) is 0 Å². The number of nitrogens with zero attached hydrogens (tertiary/aromatic N) is 3. The summed E-state index contributed by atoms with van der Waals surface area (Å²) in [4.78, 5) is 9.90. The van der Waals surface area contributed by atoms with Gasteiger partial charge >= 0.3 is 6.18 Å². The summed E-state index contributed by atoms with van der Waals surface area (Å²) in [7, 11) is 0. The highest BCUT2D eigenvalue weighted by atomic mass is 35.5. The molecular formula is C12H9ClF3N3S. The summed E-state index contributed by atoms with van der Waals surface area (Å²) < 4.78 is 38.1. The fourth-order valence-corrected chi connectivity index (χ4v) is 3.21. The molecule has 20 heavy (non-hydrogen) atoms. The Bertz CT molecular complexity index is 641. The summed E-state index contributed by atoms with van der Waals surface area (Å²) in [6.07, 6.45) is -3.79. The topological polar surface area (TPSA) is 29.0 Å². The normalized spacial score (nSPS) is 15.3. The van der Waals surface area contributed by atoms with Crippen molar-refractivity contribution in [2.45, 2.75) is 19.1 Å². The van der Waals surface area contributed by atoms with Gasteiger partial charge in [0.05, 0.1) is 0 Å². The van der Waals surface area contributed by atoms with Gasteiger partial charge in [0, 0.05) is 24.0 Å². The van der Waals surface area contributed by atoms with Crippen LogP contribution in [0.4, 0.5) is 19.0 Å². The monoisotopic (exact) mass is 319 g/mol. The van der Waals surface area contributed by atoms with Crippen molar-refractivity contribution in [1.29, 1.82) is 0 Å². The van der Waals surface area contributed by atoms with Crippen LogP contribution in [0.5, 0.6) is 0 Å². The van der Waals surface area contributed by atoms with Crippen molar-refractivity contribution in [3.05, 3.63) is 38.9 Å². The van der Waals surface area contributed by atoms with E-state index in [4.69, 9.17) is 11.6 Å². The third kappa shape index (κ3) is 2.60. The van der Waals surface area contributed by atoms with Crippen molar-refractivity contribution in [3.63, 3.8) is 0 Å². The van der Waals surface area contributed by atoms with Gasteiger partial charge in [-0.2, -0.15) is 13.2 Å². The highest BCUT2D eigenvalue weighted by molar-refractivity contribution is 7.10. The Morgan fingerprint density at radius 2 is 2.10 bits per heavy atom. The Morgan fingerprint density at radius 3 is 2.85 bits per heavy atom. The standard InChI is InChI=1S/C12H9ClF3N3S/c13-9-5-10(18-11(17-9)12(14,15)16)19-3-1-8-7(6-19)2-4-20-8/h2,4-5H,1,3,6H2. The van der Waals surface area contributed by atoms with E-state index in [1.54, 1.807) is 16.2 Å². The molecular weight excluding hydrogens is 311 g/mol. The zero-order chi connectivity index (χ0) is 14.3. The number of hydrogen-bond donors (Lipinski definition) is 0. The van der Waals surface area contributed by atoms with Crippen LogP contribution in [-0.4, -0.2) is 16.5 Å². The van der Waals surface area contributed by atoms with Crippen LogP contribution in [0.25, 0.3) is 0 Å². The van der Waals surface area contributed by atoms with Crippen LogP contribution >= 0.6 is 22.9 Å². The molecule has 0 bridgehead atoms. The number of hydrogen-bond acceptors (Lipinski definition) is 4. The number of rotatable bonds is 1. The molecule has 3 rings (SSSR count). The Hall–Kier alpha value is -1.34. The minimum atomic E-state index is -4.59. The predicted molar refractivity (Wildman–Crippen MR) is 71.1 cm³/mol. The van der Waals surface area contributed by atoms with E-state index in [1.807, 2.05) is 11.4 Å². The van der Waals surface area contributed by atoms with E-state index in [0.29, 0.717) is 13.1 Å². The van der Waals surface area contributed by atoms with E-state index in [1.165, 1.54) is 10.9 Å². The number of halogens is 4. The quantitative estimate of drug-likeness (QED) is 0.749. The van der Waals surface area contributed by atoms with Crippen LogP contribution in [-0.2, 0) is 19.1 Å². The van der Waals surface area contributed by atoms with E-state index in [-0.39, 0.29) is 11.0 Å². The highest BCUT2D eigenvalue weighted by Crippen LogP contribution is 2.31. The summed E-state index contributed by atoms with van der Waals surface area (Å²) in [5.74, 6) is -0.981. The number of thiophene rings is 1. The summed E-state index contributed by atoms with van der Waals surface area (Å²) in [5, 5.41) is 1.79. The molecule has 3 nitrogen and oxygen atoms in total. The molecule has 0 saturated carbocycles. The molecule has 0 fully saturated rings. The Morgan fingerprint density at radius 1 is 1.30 bits per heavy atom. The largest absolute Gasteiger partial charge is 0.451 e. The molecule has 0 saturated heterocycles. The Labute approximate surface area is 122 Å². The third-order valence-electron chi connectivity index (χ3n) is 3.07. The van der Waals surface area contributed by atoms with Crippen molar-refractivity contribution in [1.82, 2.24) is 9.97 Å². The second kappa shape index (κ2) is 4.89. The van der Waals surface area contributed by atoms with E-state index in [2.05, 4.69) is 9.97 Å². The maximum atomic E-state index is 12.7. The van der Waals surface area contributed by atoms with Crippen LogP contribution in [0.2, 0.25) is 5.15 Å². The van der Waals surface area contributed by atoms with Gasteiger partial charge in [0.1, 0.15) is 11.0 Å². The molecule has 106 valence electrons. The number of anilines is 1. The van der Waals surface area contributed by atoms with Crippen LogP contribution in [0.1, 0.15) is 16.3 Å². The second-order valence-corrected chi connectivity index (χ2v) is 5.80. The molecule has 0 spiro atoms. The van der Waals surface area contributed by atoms with Crippen molar-refractivity contribution in [2.75, 3.05) is 11.4 Å². The molecule has 0 amide bonds. The number of aromatic nitrogens is 2. The van der Waals surface area contributed by atoms with Gasteiger partial charge in [-0.25, -0.2) is 9.97 Å². The van der Waals surface area contributed by atoms with Gasteiger partial charge < -0.3 is 4.90 Å². The third-order valence-corrected chi connectivity index (χ3v) is 4.28. The second-order valence-electron chi connectivity index (χ2n) is 4.41. The maximum absolute atomic E-state index is 12.7. The van der Waals surface area contributed by atoms with Crippen LogP contribution < -0.4 is 4.90 Å². The molecule has 1 aliphatic rings. The Kier molecular flexibility index (Phi) is 3.33. The minimum Gasteiger partial charge on any atom is -0.352 e. The number of fused-ring (bicyclic) bond motifs is 1.